The molecule has 0 spiro atoms. The van der Waals surface area contributed by atoms with Gasteiger partial charge in [-0.05, 0) is 93.9 Å². The van der Waals surface area contributed by atoms with Crippen molar-refractivity contribution in [2.24, 2.45) is 11.3 Å². The van der Waals surface area contributed by atoms with Crippen LogP contribution in [0.5, 0.6) is 5.75 Å². The average Bonchev–Trinajstić information content (AvgIpc) is 3.25. The highest BCUT2D eigenvalue weighted by atomic mass is 32.2. The van der Waals surface area contributed by atoms with Crippen molar-refractivity contribution in [3.63, 3.8) is 0 Å². The van der Waals surface area contributed by atoms with E-state index < -0.39 is 67.3 Å². The Hall–Kier alpha value is -5.01. The molecule has 67 heavy (non-hydrogen) atoms. The SMILES string of the molecule is CCS[C@@H]1[C@@H]([C@@H](C)O[Si](C)(C)C(C)(C)C)C(=O)N1C(C(=O)OCc1ccc([N+](=O)[O-])cc1)=C(Oc1cccc(C(=O)O[Si](c2ccccc2)(c2ccccc2)C(C)(C)C)c1)SC(=O)C(C)(C)C. The Morgan fingerprint density at radius 3 is 1.87 bits per heavy atom. The number of hydrogen-bond acceptors (Lipinski definition) is 12. The van der Waals surface area contributed by atoms with Crippen molar-refractivity contribution in [1.29, 1.82) is 0 Å². The molecule has 0 bridgehead atoms. The number of carbonyl (C=O) groups excluding carboxylic acids is 4. The van der Waals surface area contributed by atoms with Crippen LogP contribution in [0.3, 0.4) is 0 Å². The van der Waals surface area contributed by atoms with Gasteiger partial charge in [0.25, 0.3) is 5.69 Å². The normalized spacial score (nSPS) is 16.6. The zero-order chi connectivity index (χ0) is 49.7. The first kappa shape index (κ1) is 53.0. The molecule has 5 rings (SSSR count). The van der Waals surface area contributed by atoms with Crippen molar-refractivity contribution < 1.29 is 42.4 Å². The van der Waals surface area contributed by atoms with Crippen LogP contribution in [-0.2, 0) is 34.6 Å². The quantitative estimate of drug-likeness (QED) is 0.0188. The molecule has 358 valence electrons. The van der Waals surface area contributed by atoms with E-state index in [1.165, 1.54) is 47.0 Å². The van der Waals surface area contributed by atoms with Crippen molar-refractivity contribution in [1.82, 2.24) is 4.90 Å². The second-order valence-corrected chi connectivity index (χ2v) is 31.4. The molecule has 12 nitrogen and oxygen atoms in total. The van der Waals surface area contributed by atoms with Crippen molar-refractivity contribution in [3.05, 3.63) is 141 Å². The van der Waals surface area contributed by atoms with E-state index in [9.17, 15) is 29.3 Å². The molecular weight excluding hydrogens is 921 g/mol. The Kier molecular flexibility index (Phi) is 16.7. The number of amides is 1. The molecule has 0 N–H and O–H groups in total. The first-order valence-corrected chi connectivity index (χ1v) is 29.0. The zero-order valence-electron chi connectivity index (χ0n) is 40.8. The summed E-state index contributed by atoms with van der Waals surface area (Å²) < 4.78 is 26.1. The van der Waals surface area contributed by atoms with Gasteiger partial charge in [-0.25, -0.2) is 9.59 Å². The lowest BCUT2D eigenvalue weighted by molar-refractivity contribution is -0.384. The number of carbonyl (C=O) groups is 4. The molecule has 1 amide bonds. The highest BCUT2D eigenvalue weighted by Gasteiger charge is 2.57. The van der Waals surface area contributed by atoms with Crippen LogP contribution in [0.15, 0.2) is 120 Å². The Morgan fingerprint density at radius 2 is 1.37 bits per heavy atom. The van der Waals surface area contributed by atoms with Crippen molar-refractivity contribution in [2.45, 2.75) is 117 Å². The summed E-state index contributed by atoms with van der Waals surface area (Å²) in [6.45, 7) is 25.5. The molecule has 0 saturated carbocycles. The topological polar surface area (TPSA) is 152 Å². The fraction of sp³-hybridized carbons (Fsp3) is 0.412. The number of nitro benzene ring substituents is 1. The number of thioether (sulfide) groups is 2. The lowest BCUT2D eigenvalue weighted by Crippen LogP contribution is -2.67. The van der Waals surface area contributed by atoms with Gasteiger partial charge < -0.3 is 18.3 Å². The van der Waals surface area contributed by atoms with Gasteiger partial charge >= 0.3 is 20.3 Å². The fourth-order valence-corrected chi connectivity index (χ4v) is 15.3. The largest absolute Gasteiger partial charge is 0.506 e. The van der Waals surface area contributed by atoms with Crippen LogP contribution in [-0.4, -0.2) is 66.6 Å². The van der Waals surface area contributed by atoms with E-state index >= 15 is 0 Å². The maximum atomic E-state index is 14.7. The fourth-order valence-electron chi connectivity index (χ4n) is 7.43. The molecule has 1 fully saturated rings. The highest BCUT2D eigenvalue weighted by Crippen LogP contribution is 2.47. The third kappa shape index (κ3) is 12.0. The maximum Gasteiger partial charge on any atom is 0.359 e. The smallest absolute Gasteiger partial charge is 0.359 e. The summed E-state index contributed by atoms with van der Waals surface area (Å²) in [7, 11) is -5.70. The van der Waals surface area contributed by atoms with Gasteiger partial charge in [-0.3, -0.25) is 24.6 Å². The molecule has 0 aromatic heterocycles. The standard InChI is InChI=1S/C51H64N2O10S2Si2/c1-14-64-44-41(34(2)62-66(12,13)50(6,7)8)43(54)52(44)42(46(56)60-33-35-28-30-37(31-29-35)53(58)59)47(65-48(57)49(3,4)5)61-38-23-21-22-36(32-38)45(55)63-67(51(9,10)11,39-24-17-15-18-25-39)40-26-19-16-20-27-40/h15-32,34,41,44H,14,33H2,1-13H3/t34-,41+,44-/m1/s1. The summed E-state index contributed by atoms with van der Waals surface area (Å²) >= 11 is 2.11. The second-order valence-electron chi connectivity index (χ2n) is 20.1. The molecule has 1 aliphatic rings. The molecule has 3 atom stereocenters. The minimum atomic E-state index is -3.34. The number of likely N-dealkylation sites (tertiary alicyclic amines) is 1. The minimum absolute atomic E-state index is 0.0978. The van der Waals surface area contributed by atoms with E-state index in [1.54, 1.807) is 39.0 Å². The molecule has 1 saturated heterocycles. The van der Waals surface area contributed by atoms with E-state index in [4.69, 9.17) is 18.3 Å². The Labute approximate surface area is 406 Å². The summed E-state index contributed by atoms with van der Waals surface area (Å²) in [5.74, 6) is -1.95. The number of rotatable bonds is 17. The van der Waals surface area contributed by atoms with Gasteiger partial charge in [0.05, 0.1) is 27.9 Å². The molecule has 0 unspecified atom stereocenters. The maximum absolute atomic E-state index is 14.7. The number of ether oxygens (including phenoxy) is 2. The molecule has 16 heteroatoms. The predicted molar refractivity (Wildman–Crippen MR) is 272 cm³/mol. The summed E-state index contributed by atoms with van der Waals surface area (Å²) in [5.41, 5.74) is -0.743. The Morgan fingerprint density at radius 1 is 0.806 bits per heavy atom. The molecule has 0 aliphatic carbocycles. The van der Waals surface area contributed by atoms with Gasteiger partial charge in [0, 0.05) is 17.5 Å². The van der Waals surface area contributed by atoms with Crippen molar-refractivity contribution >= 4 is 79.2 Å². The second kappa shape index (κ2) is 21.1. The van der Waals surface area contributed by atoms with E-state index in [1.807, 2.05) is 74.5 Å². The van der Waals surface area contributed by atoms with Crippen LogP contribution in [0.1, 0.15) is 92.1 Å². The van der Waals surface area contributed by atoms with Gasteiger partial charge in [0.2, 0.25) is 11.0 Å². The number of hydrogen-bond donors (Lipinski definition) is 0. The number of nitro groups is 1. The first-order chi connectivity index (χ1) is 31.2. The summed E-state index contributed by atoms with van der Waals surface area (Å²) in [6, 6.07) is 31.4. The molecule has 1 heterocycles. The van der Waals surface area contributed by atoms with Crippen LogP contribution >= 0.6 is 23.5 Å². The van der Waals surface area contributed by atoms with Crippen molar-refractivity contribution in [2.75, 3.05) is 5.75 Å². The number of nitrogens with zero attached hydrogens (tertiary/aromatic N) is 2. The van der Waals surface area contributed by atoms with Gasteiger partial charge in [0.15, 0.2) is 19.1 Å². The van der Waals surface area contributed by atoms with Crippen LogP contribution < -0.4 is 15.1 Å². The van der Waals surface area contributed by atoms with Crippen LogP contribution in [0.25, 0.3) is 0 Å². The molecule has 4 aromatic rings. The first-order valence-electron chi connectivity index (χ1n) is 22.3. The molecular formula is C51H64N2O10S2Si2. The minimum Gasteiger partial charge on any atom is -0.506 e. The van der Waals surface area contributed by atoms with E-state index in [2.05, 4.69) is 54.6 Å². The third-order valence-electron chi connectivity index (χ3n) is 12.1. The van der Waals surface area contributed by atoms with Crippen LogP contribution in [0.2, 0.25) is 23.2 Å². The number of β-lactam (4-membered cyclic amide) rings is 1. The number of esters is 1. The van der Waals surface area contributed by atoms with Gasteiger partial charge in [-0.15, -0.1) is 11.8 Å². The monoisotopic (exact) mass is 984 g/mol. The Bertz CT molecular complexity index is 2420. The lowest BCUT2D eigenvalue weighted by atomic mass is 9.92. The van der Waals surface area contributed by atoms with Gasteiger partial charge in [-0.2, -0.15) is 0 Å². The zero-order valence-corrected chi connectivity index (χ0v) is 44.5. The molecule has 1 aliphatic heterocycles. The highest BCUT2D eigenvalue weighted by molar-refractivity contribution is 8.16. The summed E-state index contributed by atoms with van der Waals surface area (Å²) in [5, 5.41) is 11.3. The van der Waals surface area contributed by atoms with Crippen LogP contribution in [0, 0.1) is 21.4 Å². The molecule has 0 radical (unpaired) electrons. The van der Waals surface area contributed by atoms with E-state index in [0.717, 1.165) is 10.4 Å². The van der Waals surface area contributed by atoms with Gasteiger partial charge in [-0.1, -0.05) is 136 Å². The third-order valence-corrected chi connectivity index (χ3v) is 24.0. The number of non-ortho nitro benzene ring substituents is 1. The van der Waals surface area contributed by atoms with Gasteiger partial charge in [0.1, 0.15) is 12.4 Å². The Balaban J connectivity index is 1.64. The van der Waals surface area contributed by atoms with E-state index in [0.29, 0.717) is 23.1 Å². The average molecular weight is 985 g/mol. The summed E-state index contributed by atoms with van der Waals surface area (Å²) in [6.07, 6.45) is -0.516. The summed E-state index contributed by atoms with van der Waals surface area (Å²) in [4.78, 5) is 70.3. The van der Waals surface area contributed by atoms with Crippen LogP contribution in [0.4, 0.5) is 5.69 Å². The van der Waals surface area contributed by atoms with Crippen molar-refractivity contribution in [3.8, 4) is 5.75 Å². The van der Waals surface area contributed by atoms with E-state index in [-0.39, 0.29) is 44.5 Å². The molecule has 4 aromatic carbocycles. The number of benzene rings is 4. The lowest BCUT2D eigenvalue weighted by Gasteiger charge is -2.51. The predicted octanol–water partition coefficient (Wildman–Crippen LogP) is 10.9.